The minimum Gasteiger partial charge on any atom is -0.475 e. The molecule has 4 nitrogen and oxygen atoms in total. The van der Waals surface area contributed by atoms with Gasteiger partial charge in [-0.2, -0.15) is 0 Å². The molecule has 4 heteroatoms. The maximum absolute atomic E-state index is 6.25. The molecule has 0 bridgehead atoms. The van der Waals surface area contributed by atoms with Gasteiger partial charge in [0, 0.05) is 0 Å². The summed E-state index contributed by atoms with van der Waals surface area (Å²) in [5.41, 5.74) is 7.81. The third-order valence-corrected chi connectivity index (χ3v) is 3.53. The standard InChI is InChI=1S/C14H17N3O/c15-14(7-3-4-8-14)10-18-13-9-16-11-5-1-2-6-12(11)17-13/h1-2,5-6,9H,3-4,7-8,10,15H2. The number of para-hydroxylation sites is 2. The molecule has 0 saturated heterocycles. The predicted molar refractivity (Wildman–Crippen MR) is 70.4 cm³/mol. The minimum absolute atomic E-state index is 0.173. The fourth-order valence-electron chi connectivity index (χ4n) is 2.45. The molecule has 3 rings (SSSR count). The Morgan fingerprint density at radius 1 is 1.17 bits per heavy atom. The summed E-state index contributed by atoms with van der Waals surface area (Å²) in [7, 11) is 0. The van der Waals surface area contributed by atoms with E-state index in [9.17, 15) is 0 Å². The summed E-state index contributed by atoms with van der Waals surface area (Å²) >= 11 is 0. The Kier molecular flexibility index (Phi) is 2.88. The molecular weight excluding hydrogens is 226 g/mol. The highest BCUT2D eigenvalue weighted by Gasteiger charge is 2.30. The van der Waals surface area contributed by atoms with Gasteiger partial charge in [-0.05, 0) is 25.0 Å². The van der Waals surface area contributed by atoms with Crippen LogP contribution >= 0.6 is 0 Å². The van der Waals surface area contributed by atoms with Crippen molar-refractivity contribution in [3.8, 4) is 5.88 Å². The molecule has 2 aromatic rings. The molecule has 1 saturated carbocycles. The second-order valence-corrected chi connectivity index (χ2v) is 5.06. The average molecular weight is 243 g/mol. The lowest BCUT2D eigenvalue weighted by atomic mass is 10.0. The van der Waals surface area contributed by atoms with Crippen LogP contribution in [0.1, 0.15) is 25.7 Å². The second kappa shape index (κ2) is 4.53. The number of fused-ring (bicyclic) bond motifs is 1. The van der Waals surface area contributed by atoms with Gasteiger partial charge in [0.1, 0.15) is 6.61 Å². The lowest BCUT2D eigenvalue weighted by Crippen LogP contribution is -2.42. The van der Waals surface area contributed by atoms with Gasteiger partial charge in [-0.3, -0.25) is 0 Å². The summed E-state index contributed by atoms with van der Waals surface area (Å²) in [6.45, 7) is 0.528. The Balaban J connectivity index is 1.74. The van der Waals surface area contributed by atoms with E-state index in [0.29, 0.717) is 12.5 Å². The highest BCUT2D eigenvalue weighted by atomic mass is 16.5. The lowest BCUT2D eigenvalue weighted by Gasteiger charge is -2.22. The van der Waals surface area contributed by atoms with Gasteiger partial charge in [-0.1, -0.05) is 25.0 Å². The molecule has 1 aliphatic carbocycles. The monoisotopic (exact) mass is 243 g/mol. The van der Waals surface area contributed by atoms with Gasteiger partial charge >= 0.3 is 0 Å². The molecule has 2 N–H and O–H groups in total. The van der Waals surface area contributed by atoms with Crippen molar-refractivity contribution in [1.82, 2.24) is 9.97 Å². The first-order valence-electron chi connectivity index (χ1n) is 6.39. The van der Waals surface area contributed by atoms with Crippen molar-refractivity contribution in [3.05, 3.63) is 30.5 Å². The summed E-state index contributed by atoms with van der Waals surface area (Å²) in [4.78, 5) is 8.75. The maximum atomic E-state index is 6.25. The number of hydrogen-bond donors (Lipinski definition) is 1. The molecule has 0 amide bonds. The molecule has 94 valence electrons. The van der Waals surface area contributed by atoms with Gasteiger partial charge in [0.25, 0.3) is 0 Å². The number of hydrogen-bond acceptors (Lipinski definition) is 4. The Morgan fingerprint density at radius 2 is 1.89 bits per heavy atom. The Bertz CT molecular complexity index is 549. The van der Waals surface area contributed by atoms with Crippen LogP contribution in [0, 0.1) is 0 Å². The molecule has 0 spiro atoms. The SMILES string of the molecule is NC1(COc2cnc3ccccc3n2)CCCC1. The normalized spacial score (nSPS) is 18.1. The van der Waals surface area contributed by atoms with E-state index < -0.39 is 0 Å². The van der Waals surface area contributed by atoms with Crippen LogP contribution in [0.15, 0.2) is 30.5 Å². The zero-order chi connectivity index (χ0) is 12.4. The Morgan fingerprint density at radius 3 is 2.67 bits per heavy atom. The fourth-order valence-corrected chi connectivity index (χ4v) is 2.45. The molecule has 1 fully saturated rings. The van der Waals surface area contributed by atoms with Gasteiger partial charge in [0.15, 0.2) is 0 Å². The quantitative estimate of drug-likeness (QED) is 0.898. The van der Waals surface area contributed by atoms with Crippen molar-refractivity contribution in [1.29, 1.82) is 0 Å². The van der Waals surface area contributed by atoms with Crippen molar-refractivity contribution in [2.75, 3.05) is 6.61 Å². The van der Waals surface area contributed by atoms with E-state index in [2.05, 4.69) is 9.97 Å². The third-order valence-electron chi connectivity index (χ3n) is 3.53. The van der Waals surface area contributed by atoms with E-state index in [1.807, 2.05) is 24.3 Å². The van der Waals surface area contributed by atoms with Gasteiger partial charge in [0.2, 0.25) is 5.88 Å². The molecule has 1 aromatic carbocycles. The van der Waals surface area contributed by atoms with E-state index in [1.165, 1.54) is 12.8 Å². The van der Waals surface area contributed by atoms with Gasteiger partial charge in [-0.15, -0.1) is 0 Å². The third kappa shape index (κ3) is 2.29. The van der Waals surface area contributed by atoms with E-state index in [0.717, 1.165) is 23.9 Å². The molecule has 1 aromatic heterocycles. The van der Waals surface area contributed by atoms with Gasteiger partial charge < -0.3 is 10.5 Å². The van der Waals surface area contributed by atoms with Crippen LogP contribution in [0.3, 0.4) is 0 Å². The molecule has 0 radical (unpaired) electrons. The molecule has 0 atom stereocenters. The second-order valence-electron chi connectivity index (χ2n) is 5.06. The summed E-state index contributed by atoms with van der Waals surface area (Å²) < 4.78 is 5.70. The van der Waals surface area contributed by atoms with E-state index in [4.69, 9.17) is 10.5 Å². The smallest absolute Gasteiger partial charge is 0.232 e. The van der Waals surface area contributed by atoms with Crippen LogP contribution in [-0.2, 0) is 0 Å². The van der Waals surface area contributed by atoms with Crippen LogP contribution in [0.5, 0.6) is 5.88 Å². The summed E-state index contributed by atoms with van der Waals surface area (Å²) in [5, 5.41) is 0. The van der Waals surface area contributed by atoms with Gasteiger partial charge in [-0.25, -0.2) is 9.97 Å². The van der Waals surface area contributed by atoms with Gasteiger partial charge in [0.05, 0.1) is 22.8 Å². The van der Waals surface area contributed by atoms with E-state index in [-0.39, 0.29) is 5.54 Å². The number of aromatic nitrogens is 2. The summed E-state index contributed by atoms with van der Waals surface area (Å²) in [6, 6.07) is 7.77. The molecule has 0 unspecified atom stereocenters. The predicted octanol–water partition coefficient (Wildman–Crippen LogP) is 2.28. The van der Waals surface area contributed by atoms with Crippen LogP contribution in [-0.4, -0.2) is 22.1 Å². The minimum atomic E-state index is -0.173. The Hall–Kier alpha value is -1.68. The highest BCUT2D eigenvalue weighted by molar-refractivity contribution is 5.73. The van der Waals surface area contributed by atoms with Crippen molar-refractivity contribution in [2.24, 2.45) is 5.73 Å². The Labute approximate surface area is 106 Å². The van der Waals surface area contributed by atoms with Crippen molar-refractivity contribution in [3.63, 3.8) is 0 Å². The largest absolute Gasteiger partial charge is 0.475 e. The van der Waals surface area contributed by atoms with Crippen LogP contribution in [0.25, 0.3) is 11.0 Å². The first-order valence-corrected chi connectivity index (χ1v) is 6.39. The number of ether oxygens (including phenoxy) is 1. The average Bonchev–Trinajstić information content (AvgIpc) is 2.84. The zero-order valence-corrected chi connectivity index (χ0v) is 10.3. The van der Waals surface area contributed by atoms with Crippen LogP contribution in [0.4, 0.5) is 0 Å². The molecule has 0 aliphatic heterocycles. The molecule has 1 heterocycles. The lowest BCUT2D eigenvalue weighted by molar-refractivity contribution is 0.213. The molecule has 18 heavy (non-hydrogen) atoms. The number of nitrogens with two attached hydrogens (primary N) is 1. The number of rotatable bonds is 3. The topological polar surface area (TPSA) is 61.0 Å². The maximum Gasteiger partial charge on any atom is 0.232 e. The first kappa shape index (κ1) is 11.4. The fraction of sp³-hybridized carbons (Fsp3) is 0.429. The van der Waals surface area contributed by atoms with Crippen LogP contribution < -0.4 is 10.5 Å². The van der Waals surface area contributed by atoms with Crippen LogP contribution in [0.2, 0.25) is 0 Å². The highest BCUT2D eigenvalue weighted by Crippen LogP contribution is 2.27. The van der Waals surface area contributed by atoms with Crippen molar-refractivity contribution >= 4 is 11.0 Å². The molecular formula is C14H17N3O. The molecule has 1 aliphatic rings. The summed E-state index contributed by atoms with van der Waals surface area (Å²) in [6.07, 6.45) is 6.13. The number of nitrogens with zero attached hydrogens (tertiary/aromatic N) is 2. The van der Waals surface area contributed by atoms with Crippen molar-refractivity contribution < 1.29 is 4.74 Å². The van der Waals surface area contributed by atoms with E-state index in [1.54, 1.807) is 6.20 Å². The summed E-state index contributed by atoms with van der Waals surface area (Å²) in [5.74, 6) is 0.561. The first-order chi connectivity index (χ1) is 8.75. The van der Waals surface area contributed by atoms with Crippen molar-refractivity contribution in [2.45, 2.75) is 31.2 Å². The zero-order valence-electron chi connectivity index (χ0n) is 10.3. The number of benzene rings is 1. The van der Waals surface area contributed by atoms with E-state index >= 15 is 0 Å².